The summed E-state index contributed by atoms with van der Waals surface area (Å²) < 4.78 is 27.0. The Kier molecular flexibility index (Phi) is 6.12. The van der Waals surface area contributed by atoms with Crippen LogP contribution in [0.1, 0.15) is 52.9 Å². The minimum Gasteiger partial charge on any atom is -0.345 e. The van der Waals surface area contributed by atoms with E-state index in [0.717, 1.165) is 24.0 Å². The summed E-state index contributed by atoms with van der Waals surface area (Å²) in [5, 5.41) is 3.14. The molecule has 1 aliphatic rings. The van der Waals surface area contributed by atoms with Crippen LogP contribution in [-0.4, -0.2) is 31.7 Å². The Labute approximate surface area is 171 Å². The van der Waals surface area contributed by atoms with Gasteiger partial charge in [0.1, 0.15) is 0 Å². The van der Waals surface area contributed by atoms with E-state index < -0.39 is 15.9 Å². The van der Waals surface area contributed by atoms with Crippen LogP contribution < -0.4 is 5.32 Å². The lowest BCUT2D eigenvalue weighted by Gasteiger charge is -2.18. The highest BCUT2D eigenvalue weighted by Gasteiger charge is 2.28. The number of hydrogen-bond acceptors (Lipinski definition) is 3. The Morgan fingerprint density at radius 2 is 1.75 bits per heavy atom. The van der Waals surface area contributed by atoms with Crippen molar-refractivity contribution in [2.24, 2.45) is 0 Å². The molecule has 1 N–H and O–H groups in total. The van der Waals surface area contributed by atoms with Gasteiger partial charge in [0.05, 0.1) is 21.5 Å². The molecule has 7 heteroatoms. The molecule has 150 valence electrons. The van der Waals surface area contributed by atoms with Gasteiger partial charge in [-0.2, -0.15) is 4.31 Å². The number of hydrogen-bond donors (Lipinski definition) is 1. The van der Waals surface area contributed by atoms with Crippen molar-refractivity contribution >= 4 is 27.5 Å². The summed E-state index contributed by atoms with van der Waals surface area (Å²) in [5.74, 6) is -0.394. The minimum absolute atomic E-state index is 0.0998. The van der Waals surface area contributed by atoms with Crippen LogP contribution in [0, 0.1) is 13.8 Å². The summed E-state index contributed by atoms with van der Waals surface area (Å²) in [5.41, 5.74) is 3.48. The molecule has 0 spiro atoms. The zero-order chi connectivity index (χ0) is 20.5. The van der Waals surface area contributed by atoms with Crippen LogP contribution in [0.3, 0.4) is 0 Å². The average molecular weight is 421 g/mol. The van der Waals surface area contributed by atoms with E-state index in [9.17, 15) is 13.2 Å². The summed E-state index contributed by atoms with van der Waals surface area (Å²) in [7, 11) is -3.61. The SMILES string of the molecule is Cc1ccc([C@H](C)NC(=O)c2cc(S(=O)(=O)N3CCCC3)ccc2Cl)cc1C. The molecular formula is C21H25ClN2O3S. The van der Waals surface area contributed by atoms with Crippen LogP contribution in [0.25, 0.3) is 0 Å². The highest BCUT2D eigenvalue weighted by Crippen LogP contribution is 2.26. The van der Waals surface area contributed by atoms with Crippen LogP contribution in [-0.2, 0) is 10.0 Å². The largest absolute Gasteiger partial charge is 0.345 e. The standard InChI is InChI=1S/C21H25ClN2O3S/c1-14-6-7-17(12-15(14)2)16(3)23-21(25)19-13-18(8-9-20(19)22)28(26,27)24-10-4-5-11-24/h6-9,12-13,16H,4-5,10-11H2,1-3H3,(H,23,25)/t16-/m0/s1. The molecule has 1 saturated heterocycles. The second-order valence-corrected chi connectivity index (χ2v) is 9.64. The summed E-state index contributed by atoms with van der Waals surface area (Å²) in [6.45, 7) is 6.97. The molecule has 1 fully saturated rings. The molecule has 0 aliphatic carbocycles. The zero-order valence-electron chi connectivity index (χ0n) is 16.3. The van der Waals surface area contributed by atoms with E-state index in [1.54, 1.807) is 0 Å². The average Bonchev–Trinajstić information content (AvgIpc) is 3.19. The molecule has 1 atom stereocenters. The molecule has 1 amide bonds. The van der Waals surface area contributed by atoms with E-state index in [-0.39, 0.29) is 21.5 Å². The van der Waals surface area contributed by atoms with Crippen molar-refractivity contribution in [3.63, 3.8) is 0 Å². The Hall–Kier alpha value is -1.89. The van der Waals surface area contributed by atoms with Gasteiger partial charge in [0.25, 0.3) is 5.91 Å². The van der Waals surface area contributed by atoms with E-state index >= 15 is 0 Å². The lowest BCUT2D eigenvalue weighted by atomic mass is 10.0. The van der Waals surface area contributed by atoms with E-state index in [1.807, 2.05) is 39.0 Å². The molecule has 0 saturated carbocycles. The van der Waals surface area contributed by atoms with Gasteiger partial charge in [-0.25, -0.2) is 8.42 Å². The van der Waals surface area contributed by atoms with Crippen LogP contribution in [0.5, 0.6) is 0 Å². The third-order valence-electron chi connectivity index (χ3n) is 5.26. The molecule has 5 nitrogen and oxygen atoms in total. The fourth-order valence-electron chi connectivity index (χ4n) is 3.31. The number of carbonyl (C=O) groups excluding carboxylic acids is 1. The number of rotatable bonds is 5. The van der Waals surface area contributed by atoms with Crippen molar-refractivity contribution in [2.75, 3.05) is 13.1 Å². The molecule has 0 unspecified atom stereocenters. The van der Waals surface area contributed by atoms with Crippen molar-refractivity contribution in [3.8, 4) is 0 Å². The number of benzene rings is 2. The van der Waals surface area contributed by atoms with Gasteiger partial charge in [-0.05, 0) is 68.5 Å². The summed E-state index contributed by atoms with van der Waals surface area (Å²) in [6, 6.07) is 10.1. The van der Waals surface area contributed by atoms with Gasteiger partial charge in [-0.3, -0.25) is 4.79 Å². The van der Waals surface area contributed by atoms with Gasteiger partial charge in [0, 0.05) is 13.1 Å². The maximum Gasteiger partial charge on any atom is 0.253 e. The first-order valence-corrected chi connectivity index (χ1v) is 11.2. The predicted molar refractivity (Wildman–Crippen MR) is 111 cm³/mol. The summed E-state index contributed by atoms with van der Waals surface area (Å²) in [6.07, 6.45) is 1.71. The van der Waals surface area contributed by atoms with Gasteiger partial charge >= 0.3 is 0 Å². The van der Waals surface area contributed by atoms with Gasteiger partial charge in [-0.15, -0.1) is 0 Å². The lowest BCUT2D eigenvalue weighted by Crippen LogP contribution is -2.29. The summed E-state index contributed by atoms with van der Waals surface area (Å²) >= 11 is 6.21. The Balaban J connectivity index is 1.84. The third-order valence-corrected chi connectivity index (χ3v) is 7.49. The van der Waals surface area contributed by atoms with Gasteiger partial charge < -0.3 is 5.32 Å². The number of nitrogens with zero attached hydrogens (tertiary/aromatic N) is 1. The van der Waals surface area contributed by atoms with Gasteiger partial charge in [0.15, 0.2) is 0 Å². The topological polar surface area (TPSA) is 66.5 Å². The monoisotopic (exact) mass is 420 g/mol. The first-order chi connectivity index (χ1) is 13.2. The number of carbonyl (C=O) groups is 1. The van der Waals surface area contributed by atoms with Gasteiger partial charge in [-0.1, -0.05) is 29.8 Å². The number of nitrogens with one attached hydrogen (secondary N) is 1. The maximum atomic E-state index is 12.8. The molecule has 28 heavy (non-hydrogen) atoms. The second kappa shape index (κ2) is 8.23. The van der Waals surface area contributed by atoms with E-state index in [1.165, 1.54) is 28.1 Å². The van der Waals surface area contributed by atoms with Crippen molar-refractivity contribution in [3.05, 3.63) is 63.7 Å². The number of amides is 1. The molecule has 0 aromatic heterocycles. The number of aryl methyl sites for hydroxylation is 2. The van der Waals surface area contributed by atoms with Crippen LogP contribution >= 0.6 is 11.6 Å². The second-order valence-electron chi connectivity index (χ2n) is 7.29. The number of halogens is 1. The molecule has 0 radical (unpaired) electrons. The fourth-order valence-corrected chi connectivity index (χ4v) is 5.06. The normalized spacial score (nSPS) is 16.1. The van der Waals surface area contributed by atoms with Crippen molar-refractivity contribution in [2.45, 2.75) is 44.6 Å². The van der Waals surface area contributed by atoms with E-state index in [4.69, 9.17) is 11.6 Å². The Bertz CT molecular complexity index is 999. The molecular weight excluding hydrogens is 396 g/mol. The van der Waals surface area contributed by atoms with Crippen molar-refractivity contribution in [1.82, 2.24) is 9.62 Å². The van der Waals surface area contributed by atoms with Crippen molar-refractivity contribution < 1.29 is 13.2 Å². The molecule has 1 heterocycles. The molecule has 0 bridgehead atoms. The molecule has 2 aromatic carbocycles. The molecule has 3 rings (SSSR count). The molecule has 2 aromatic rings. The highest BCUT2D eigenvalue weighted by atomic mass is 35.5. The fraction of sp³-hybridized carbons (Fsp3) is 0.381. The smallest absolute Gasteiger partial charge is 0.253 e. The van der Waals surface area contributed by atoms with Gasteiger partial charge in [0.2, 0.25) is 10.0 Å². The first kappa shape index (κ1) is 20.8. The maximum absolute atomic E-state index is 12.8. The van der Waals surface area contributed by atoms with Crippen molar-refractivity contribution in [1.29, 1.82) is 0 Å². The van der Waals surface area contributed by atoms with Crippen LogP contribution in [0.2, 0.25) is 5.02 Å². The lowest BCUT2D eigenvalue weighted by molar-refractivity contribution is 0.0940. The van der Waals surface area contributed by atoms with Crippen LogP contribution in [0.15, 0.2) is 41.3 Å². The first-order valence-electron chi connectivity index (χ1n) is 9.38. The Morgan fingerprint density at radius 1 is 1.07 bits per heavy atom. The summed E-state index contributed by atoms with van der Waals surface area (Å²) in [4.78, 5) is 12.9. The number of sulfonamides is 1. The molecule has 1 aliphatic heterocycles. The van der Waals surface area contributed by atoms with E-state index in [2.05, 4.69) is 5.32 Å². The Morgan fingerprint density at radius 3 is 2.39 bits per heavy atom. The quantitative estimate of drug-likeness (QED) is 0.786. The predicted octanol–water partition coefficient (Wildman–Crippen LogP) is 4.23. The minimum atomic E-state index is -3.61. The highest BCUT2D eigenvalue weighted by molar-refractivity contribution is 7.89. The van der Waals surface area contributed by atoms with E-state index in [0.29, 0.717) is 13.1 Å². The zero-order valence-corrected chi connectivity index (χ0v) is 17.9. The van der Waals surface area contributed by atoms with Crippen LogP contribution in [0.4, 0.5) is 0 Å². The third kappa shape index (κ3) is 4.24.